The Morgan fingerprint density at radius 2 is 2.17 bits per heavy atom. The molecule has 1 unspecified atom stereocenters. The Bertz CT molecular complexity index is 62.6. The van der Waals surface area contributed by atoms with Gasteiger partial charge in [0.1, 0.15) is 0 Å². The smallest absolute Gasteiger partial charge is 0.327 e. The Morgan fingerprint density at radius 1 is 2.00 bits per heavy atom. The molecule has 36 valence electrons. The minimum atomic E-state index is -0.837. The van der Waals surface area contributed by atoms with E-state index in [1.54, 1.807) is 22.6 Å². The van der Waals surface area contributed by atoms with E-state index in [0.29, 0.717) is 0 Å². The van der Waals surface area contributed by atoms with E-state index in [1.807, 2.05) is 0 Å². The molecule has 0 aliphatic rings. The zero-order valence-corrected chi connectivity index (χ0v) is 6.43. The van der Waals surface area contributed by atoms with Crippen molar-refractivity contribution in [2.45, 2.75) is 2.83 Å². The number of halogens is 2. The van der Waals surface area contributed by atoms with E-state index in [4.69, 9.17) is 5.11 Å². The van der Waals surface area contributed by atoms with Crippen molar-refractivity contribution in [2.24, 2.45) is 0 Å². The van der Waals surface area contributed by atoms with Crippen molar-refractivity contribution in [3.63, 3.8) is 0 Å². The van der Waals surface area contributed by atoms with Crippen LogP contribution in [0.4, 0.5) is 0 Å². The summed E-state index contributed by atoms with van der Waals surface area (Å²) in [6.45, 7) is 0. The Morgan fingerprint density at radius 3 is 2.17 bits per heavy atom. The third kappa shape index (κ3) is 2.89. The largest absolute Gasteiger partial charge is 0.480 e. The maximum Gasteiger partial charge on any atom is 0.327 e. The summed E-state index contributed by atoms with van der Waals surface area (Å²) in [5, 5.41) is 7.94. The fraction of sp³-hybridized carbons (Fsp3) is 0.500. The topological polar surface area (TPSA) is 37.3 Å². The van der Waals surface area contributed by atoms with E-state index in [9.17, 15) is 4.79 Å². The molecule has 4 heteroatoms. The molecular formula is C2H2BrIO2. The van der Waals surface area contributed by atoms with Gasteiger partial charge in [-0.25, -0.2) is 0 Å². The van der Waals surface area contributed by atoms with Gasteiger partial charge in [0.15, 0.2) is 2.83 Å². The summed E-state index contributed by atoms with van der Waals surface area (Å²) in [6.07, 6.45) is 0. The van der Waals surface area contributed by atoms with E-state index < -0.39 is 8.80 Å². The van der Waals surface area contributed by atoms with Crippen LogP contribution in [-0.2, 0) is 4.79 Å². The summed E-state index contributed by atoms with van der Waals surface area (Å²) >= 11 is 4.58. The van der Waals surface area contributed by atoms with Gasteiger partial charge in [0.2, 0.25) is 0 Å². The fourth-order valence-corrected chi connectivity index (χ4v) is 0. The quantitative estimate of drug-likeness (QED) is 0.571. The van der Waals surface area contributed by atoms with Gasteiger partial charge in [0.05, 0.1) is 0 Å². The van der Waals surface area contributed by atoms with Crippen LogP contribution in [0.25, 0.3) is 0 Å². The van der Waals surface area contributed by atoms with Gasteiger partial charge in [0, 0.05) is 0 Å². The first kappa shape index (κ1) is 6.68. The Labute approximate surface area is 57.2 Å². The van der Waals surface area contributed by atoms with Gasteiger partial charge in [-0.15, -0.1) is 0 Å². The molecule has 1 atom stereocenters. The van der Waals surface area contributed by atoms with Gasteiger partial charge < -0.3 is 5.11 Å². The summed E-state index contributed by atoms with van der Waals surface area (Å²) in [5.74, 6) is -0.837. The number of carboxylic acid groups (broad SMARTS) is 1. The number of alkyl halides is 2. The van der Waals surface area contributed by atoms with Crippen LogP contribution in [0, 0.1) is 0 Å². The van der Waals surface area contributed by atoms with Gasteiger partial charge in [-0.05, 0) is 0 Å². The standard InChI is InChI=1S/C2H2BrIO2/c3-1(4)2(5)6/h1H,(H,5,6). The highest BCUT2D eigenvalue weighted by Gasteiger charge is 2.04. The zero-order chi connectivity index (χ0) is 5.15. The molecule has 0 aliphatic carbocycles. The van der Waals surface area contributed by atoms with Crippen molar-refractivity contribution in [3.05, 3.63) is 0 Å². The van der Waals surface area contributed by atoms with Crippen LogP contribution in [0.3, 0.4) is 0 Å². The third-order valence-corrected chi connectivity index (χ3v) is 1.11. The van der Waals surface area contributed by atoms with Crippen LogP contribution < -0.4 is 0 Å². The summed E-state index contributed by atoms with van der Waals surface area (Å²) < 4.78 is -0.449. The van der Waals surface area contributed by atoms with Gasteiger partial charge in [-0.3, -0.25) is 4.79 Å². The van der Waals surface area contributed by atoms with Gasteiger partial charge in [0.25, 0.3) is 0 Å². The lowest BCUT2D eigenvalue weighted by Gasteiger charge is -1.84. The van der Waals surface area contributed by atoms with Crippen molar-refractivity contribution in [3.8, 4) is 0 Å². The first-order chi connectivity index (χ1) is 2.64. The lowest BCUT2D eigenvalue weighted by molar-refractivity contribution is -0.134. The summed E-state index contributed by atoms with van der Waals surface area (Å²) in [5.41, 5.74) is 0. The SMILES string of the molecule is O=C(O)C(Br)I. The molecule has 0 fully saturated rings. The second-order valence-corrected chi connectivity index (χ2v) is 4.51. The molecule has 0 radical (unpaired) electrons. The number of carboxylic acids is 1. The minimum Gasteiger partial charge on any atom is -0.480 e. The normalized spacial score (nSPS) is 13.7. The first-order valence-corrected chi connectivity index (χ1v) is 3.31. The fourth-order valence-electron chi connectivity index (χ4n) is 0. The lowest BCUT2D eigenvalue weighted by atomic mass is 10.8. The Balaban J connectivity index is 3.26. The average molecular weight is 265 g/mol. The predicted molar refractivity (Wildman–Crippen MR) is 34.4 cm³/mol. The maximum absolute atomic E-state index is 9.64. The Hall–Kier alpha value is 0.680. The summed E-state index contributed by atoms with van der Waals surface area (Å²) in [4.78, 5) is 9.64. The average Bonchev–Trinajstić information content (AvgIpc) is 1.36. The number of hydrogen-bond acceptors (Lipinski definition) is 1. The summed E-state index contributed by atoms with van der Waals surface area (Å²) in [6, 6.07) is 0. The van der Waals surface area contributed by atoms with Crippen molar-refractivity contribution < 1.29 is 9.90 Å². The molecule has 0 aromatic carbocycles. The highest BCUT2D eigenvalue weighted by Crippen LogP contribution is 2.06. The molecule has 6 heavy (non-hydrogen) atoms. The molecule has 0 heterocycles. The van der Waals surface area contributed by atoms with E-state index in [1.165, 1.54) is 0 Å². The summed E-state index contributed by atoms with van der Waals surface area (Å²) in [7, 11) is 0. The number of carbonyl (C=O) groups is 1. The zero-order valence-electron chi connectivity index (χ0n) is 2.69. The molecule has 0 aliphatic heterocycles. The van der Waals surface area contributed by atoms with Crippen LogP contribution in [0.2, 0.25) is 0 Å². The molecule has 1 N–H and O–H groups in total. The second-order valence-electron chi connectivity index (χ2n) is 0.639. The van der Waals surface area contributed by atoms with Crippen molar-refractivity contribution in [1.29, 1.82) is 0 Å². The predicted octanol–water partition coefficient (Wildman–Crippen LogP) is 1.23. The molecule has 0 aromatic heterocycles. The number of hydrogen-bond donors (Lipinski definition) is 1. The van der Waals surface area contributed by atoms with Gasteiger partial charge in [-0.1, -0.05) is 38.5 Å². The Kier molecular flexibility index (Phi) is 3.10. The maximum atomic E-state index is 9.64. The van der Waals surface area contributed by atoms with Crippen LogP contribution in [0.15, 0.2) is 0 Å². The van der Waals surface area contributed by atoms with Crippen LogP contribution in [0.1, 0.15) is 0 Å². The monoisotopic (exact) mass is 264 g/mol. The first-order valence-electron chi connectivity index (χ1n) is 1.15. The van der Waals surface area contributed by atoms with E-state index in [-0.39, 0.29) is 0 Å². The van der Waals surface area contributed by atoms with Crippen molar-refractivity contribution in [1.82, 2.24) is 0 Å². The molecular weight excluding hydrogens is 263 g/mol. The third-order valence-electron chi connectivity index (χ3n) is 0.187. The highest BCUT2D eigenvalue weighted by molar-refractivity contribution is 14.1. The minimum absolute atomic E-state index is 0.449. The van der Waals surface area contributed by atoms with E-state index in [2.05, 4.69) is 15.9 Å². The van der Waals surface area contributed by atoms with E-state index in [0.717, 1.165) is 0 Å². The molecule has 0 aromatic rings. The van der Waals surface area contributed by atoms with Crippen LogP contribution in [0.5, 0.6) is 0 Å². The van der Waals surface area contributed by atoms with Gasteiger partial charge in [-0.2, -0.15) is 0 Å². The number of rotatable bonds is 1. The van der Waals surface area contributed by atoms with Crippen LogP contribution >= 0.6 is 38.5 Å². The molecule has 2 nitrogen and oxygen atoms in total. The van der Waals surface area contributed by atoms with Gasteiger partial charge >= 0.3 is 5.97 Å². The second kappa shape index (κ2) is 2.79. The lowest BCUT2D eigenvalue weighted by Crippen LogP contribution is -2.02. The molecule has 0 bridgehead atoms. The van der Waals surface area contributed by atoms with Crippen molar-refractivity contribution in [2.75, 3.05) is 0 Å². The van der Waals surface area contributed by atoms with Crippen molar-refractivity contribution >= 4 is 44.5 Å². The molecule has 0 saturated heterocycles. The van der Waals surface area contributed by atoms with E-state index >= 15 is 0 Å². The molecule has 0 saturated carbocycles. The highest BCUT2D eigenvalue weighted by atomic mass is 127. The molecule has 0 amide bonds. The molecule has 0 rings (SSSR count). The van der Waals surface area contributed by atoms with Crippen LogP contribution in [-0.4, -0.2) is 13.9 Å². The number of aliphatic carboxylic acids is 1. The molecule has 0 spiro atoms.